The molecule has 0 aliphatic rings. The van der Waals surface area contributed by atoms with E-state index in [1.165, 1.54) is 0 Å². The van der Waals surface area contributed by atoms with Gasteiger partial charge in [0.05, 0.1) is 0 Å². The van der Waals surface area contributed by atoms with Crippen LogP contribution in [0.3, 0.4) is 0 Å². The third-order valence-corrected chi connectivity index (χ3v) is 2.48. The molecule has 0 spiro atoms. The topological polar surface area (TPSA) is 59.0 Å². The Morgan fingerprint density at radius 1 is 1.17 bits per heavy atom. The molecule has 2 rings (SSSR count). The lowest BCUT2D eigenvalue weighted by Crippen LogP contribution is -2.11. The Bertz CT molecular complexity index is 563. The van der Waals surface area contributed by atoms with Gasteiger partial charge < -0.3 is 4.90 Å². The molecule has 18 heavy (non-hydrogen) atoms. The molecule has 2 aromatic heterocycles. The summed E-state index contributed by atoms with van der Waals surface area (Å²) in [5, 5.41) is 0. The molecule has 0 radical (unpaired) electrons. The molecule has 92 valence electrons. The number of nitrogens with zero attached hydrogens (tertiary/aromatic N) is 4. The Morgan fingerprint density at radius 2 is 1.94 bits per heavy atom. The minimum atomic E-state index is -0.140. The second-order valence-corrected chi connectivity index (χ2v) is 4.12. The van der Waals surface area contributed by atoms with Crippen molar-refractivity contribution in [1.82, 2.24) is 15.0 Å². The van der Waals surface area contributed by atoms with Gasteiger partial charge in [-0.15, -0.1) is 0 Å². The van der Waals surface area contributed by atoms with E-state index in [9.17, 15) is 4.79 Å². The summed E-state index contributed by atoms with van der Waals surface area (Å²) in [4.78, 5) is 26.3. The van der Waals surface area contributed by atoms with Gasteiger partial charge >= 0.3 is 0 Å². The lowest BCUT2D eigenvalue weighted by atomic mass is 10.1. The van der Waals surface area contributed by atoms with Crippen LogP contribution in [0, 0.1) is 6.92 Å². The molecule has 0 fully saturated rings. The average Bonchev–Trinajstić information content (AvgIpc) is 2.38. The van der Waals surface area contributed by atoms with E-state index in [1.54, 1.807) is 37.5 Å². The molecular formula is C13H14N4O. The quantitative estimate of drug-likeness (QED) is 0.763. The molecule has 0 amide bonds. The molecule has 2 heterocycles. The molecular weight excluding hydrogens is 228 g/mol. The zero-order valence-electron chi connectivity index (χ0n) is 10.6. The van der Waals surface area contributed by atoms with Gasteiger partial charge in [0.2, 0.25) is 5.78 Å². The van der Waals surface area contributed by atoms with Crippen molar-refractivity contribution in [2.24, 2.45) is 0 Å². The highest BCUT2D eigenvalue weighted by Gasteiger charge is 2.11. The van der Waals surface area contributed by atoms with Crippen LogP contribution >= 0.6 is 0 Å². The maximum Gasteiger partial charge on any atom is 0.213 e. The van der Waals surface area contributed by atoms with Crippen LogP contribution in [0.25, 0.3) is 0 Å². The van der Waals surface area contributed by atoms with E-state index in [0.717, 1.165) is 5.82 Å². The summed E-state index contributed by atoms with van der Waals surface area (Å²) >= 11 is 0. The number of aryl methyl sites for hydroxylation is 1. The van der Waals surface area contributed by atoms with Crippen molar-refractivity contribution in [2.75, 3.05) is 19.0 Å². The van der Waals surface area contributed by atoms with Crippen molar-refractivity contribution in [3.63, 3.8) is 0 Å². The van der Waals surface area contributed by atoms with Crippen LogP contribution in [-0.2, 0) is 0 Å². The molecule has 0 aliphatic heterocycles. The Kier molecular flexibility index (Phi) is 3.32. The first-order chi connectivity index (χ1) is 8.58. The van der Waals surface area contributed by atoms with Crippen molar-refractivity contribution in [3.8, 4) is 0 Å². The molecule has 2 aromatic rings. The Morgan fingerprint density at radius 3 is 2.50 bits per heavy atom. The SMILES string of the molecule is Cc1nccc(C(=O)c2ccc(N(C)C)nc2)n1. The first-order valence-electron chi connectivity index (χ1n) is 5.55. The van der Waals surface area contributed by atoms with E-state index >= 15 is 0 Å². The number of anilines is 1. The Hall–Kier alpha value is -2.30. The van der Waals surface area contributed by atoms with E-state index in [2.05, 4.69) is 15.0 Å². The summed E-state index contributed by atoms with van der Waals surface area (Å²) in [6, 6.07) is 5.17. The molecule has 0 N–H and O–H groups in total. The molecule has 0 atom stereocenters. The number of aromatic nitrogens is 3. The van der Waals surface area contributed by atoms with Crippen molar-refractivity contribution in [3.05, 3.63) is 47.7 Å². The summed E-state index contributed by atoms with van der Waals surface area (Å²) in [7, 11) is 3.80. The number of hydrogen-bond donors (Lipinski definition) is 0. The summed E-state index contributed by atoms with van der Waals surface area (Å²) in [5.41, 5.74) is 0.917. The van der Waals surface area contributed by atoms with Crippen LogP contribution in [0.5, 0.6) is 0 Å². The van der Waals surface area contributed by atoms with Gasteiger partial charge in [-0.25, -0.2) is 15.0 Å². The number of hydrogen-bond acceptors (Lipinski definition) is 5. The van der Waals surface area contributed by atoms with Crippen molar-refractivity contribution in [1.29, 1.82) is 0 Å². The molecule has 0 aliphatic carbocycles. The Balaban J connectivity index is 2.29. The Labute approximate surface area is 106 Å². The van der Waals surface area contributed by atoms with E-state index in [0.29, 0.717) is 17.1 Å². The number of pyridine rings is 1. The lowest BCUT2D eigenvalue weighted by molar-refractivity contribution is 0.103. The summed E-state index contributed by atoms with van der Waals surface area (Å²) in [6.45, 7) is 1.75. The molecule has 0 saturated heterocycles. The smallest absolute Gasteiger partial charge is 0.213 e. The van der Waals surface area contributed by atoms with Gasteiger partial charge in [0, 0.05) is 32.1 Å². The fourth-order valence-corrected chi connectivity index (χ4v) is 1.52. The standard InChI is InChI=1S/C13H14N4O/c1-9-14-7-6-11(16-9)13(18)10-4-5-12(15-8-10)17(2)3/h4-8H,1-3H3. The van der Waals surface area contributed by atoms with Gasteiger partial charge in [0.25, 0.3) is 0 Å². The van der Waals surface area contributed by atoms with E-state index in [-0.39, 0.29) is 5.78 Å². The van der Waals surface area contributed by atoms with Gasteiger partial charge in [-0.1, -0.05) is 0 Å². The third-order valence-electron chi connectivity index (χ3n) is 2.48. The van der Waals surface area contributed by atoms with Crippen LogP contribution in [0.2, 0.25) is 0 Å². The van der Waals surface area contributed by atoms with Crippen molar-refractivity contribution >= 4 is 11.6 Å². The van der Waals surface area contributed by atoms with Crippen molar-refractivity contribution < 1.29 is 4.79 Å². The van der Waals surface area contributed by atoms with Gasteiger partial charge in [-0.2, -0.15) is 0 Å². The maximum absolute atomic E-state index is 12.1. The molecule has 5 nitrogen and oxygen atoms in total. The first-order valence-corrected chi connectivity index (χ1v) is 5.55. The molecule has 0 aromatic carbocycles. The van der Waals surface area contributed by atoms with Gasteiger partial charge in [0.15, 0.2) is 0 Å². The van der Waals surface area contributed by atoms with E-state index in [1.807, 2.05) is 19.0 Å². The molecule has 0 unspecified atom stereocenters. The average molecular weight is 242 g/mol. The zero-order valence-corrected chi connectivity index (χ0v) is 10.6. The van der Waals surface area contributed by atoms with Gasteiger partial charge in [0.1, 0.15) is 17.3 Å². The van der Waals surface area contributed by atoms with Crippen LogP contribution in [0.4, 0.5) is 5.82 Å². The fraction of sp³-hybridized carbons (Fsp3) is 0.231. The highest BCUT2D eigenvalue weighted by molar-refractivity contribution is 6.07. The normalized spacial score (nSPS) is 10.2. The molecule has 5 heteroatoms. The minimum Gasteiger partial charge on any atom is -0.363 e. The second-order valence-electron chi connectivity index (χ2n) is 4.12. The number of ketones is 1. The number of carbonyl (C=O) groups excluding carboxylic acids is 1. The predicted molar refractivity (Wildman–Crippen MR) is 68.8 cm³/mol. The summed E-state index contributed by atoms with van der Waals surface area (Å²) in [5.74, 6) is 1.25. The number of rotatable bonds is 3. The monoisotopic (exact) mass is 242 g/mol. The summed E-state index contributed by atoms with van der Waals surface area (Å²) < 4.78 is 0. The van der Waals surface area contributed by atoms with E-state index < -0.39 is 0 Å². The predicted octanol–water partition coefficient (Wildman–Crippen LogP) is 1.48. The van der Waals surface area contributed by atoms with Crippen molar-refractivity contribution in [2.45, 2.75) is 6.92 Å². The molecule has 0 bridgehead atoms. The minimum absolute atomic E-state index is 0.140. The molecule has 0 saturated carbocycles. The zero-order chi connectivity index (χ0) is 13.1. The van der Waals surface area contributed by atoms with Crippen LogP contribution in [-0.4, -0.2) is 34.8 Å². The highest BCUT2D eigenvalue weighted by Crippen LogP contribution is 2.11. The maximum atomic E-state index is 12.1. The van der Waals surface area contributed by atoms with Crippen LogP contribution in [0.1, 0.15) is 21.9 Å². The summed E-state index contributed by atoms with van der Waals surface area (Å²) in [6.07, 6.45) is 3.15. The fourth-order valence-electron chi connectivity index (χ4n) is 1.52. The second kappa shape index (κ2) is 4.91. The lowest BCUT2D eigenvalue weighted by Gasteiger charge is -2.10. The highest BCUT2D eigenvalue weighted by atomic mass is 16.1. The van der Waals surface area contributed by atoms with Crippen LogP contribution in [0.15, 0.2) is 30.6 Å². The van der Waals surface area contributed by atoms with Gasteiger partial charge in [-0.3, -0.25) is 4.79 Å². The van der Waals surface area contributed by atoms with Crippen LogP contribution < -0.4 is 4.90 Å². The first kappa shape index (κ1) is 12.2. The third kappa shape index (κ3) is 2.51. The largest absolute Gasteiger partial charge is 0.363 e. The van der Waals surface area contributed by atoms with E-state index in [4.69, 9.17) is 0 Å². The number of carbonyl (C=O) groups is 1. The van der Waals surface area contributed by atoms with Gasteiger partial charge in [-0.05, 0) is 25.1 Å².